The summed E-state index contributed by atoms with van der Waals surface area (Å²) in [4.78, 5) is 13.4. The summed E-state index contributed by atoms with van der Waals surface area (Å²) in [5.41, 5.74) is 0.742. The third-order valence-corrected chi connectivity index (χ3v) is 4.62. The van der Waals surface area contributed by atoms with Crippen LogP contribution in [-0.2, 0) is 4.79 Å². The van der Waals surface area contributed by atoms with Crippen LogP contribution < -0.4 is 19.5 Å². The highest BCUT2D eigenvalue weighted by Crippen LogP contribution is 2.33. The highest BCUT2D eigenvalue weighted by Gasteiger charge is 2.16. The van der Waals surface area contributed by atoms with E-state index in [0.29, 0.717) is 11.5 Å². The fraction of sp³-hybridized carbons (Fsp3) is 0.350. The zero-order valence-corrected chi connectivity index (χ0v) is 16.6. The summed E-state index contributed by atoms with van der Waals surface area (Å²) in [6, 6.07) is 13.0. The van der Waals surface area contributed by atoms with Crippen LogP contribution in [0.4, 0.5) is 5.69 Å². The normalized spacial score (nSPS) is 11.8. The van der Waals surface area contributed by atoms with E-state index in [-0.39, 0.29) is 17.3 Å². The third-order valence-electron chi connectivity index (χ3n) is 3.53. The van der Waals surface area contributed by atoms with E-state index in [1.807, 2.05) is 63.2 Å². The van der Waals surface area contributed by atoms with Gasteiger partial charge in [-0.15, -0.1) is 11.8 Å². The minimum atomic E-state index is -0.264. The van der Waals surface area contributed by atoms with Gasteiger partial charge >= 0.3 is 0 Å². The minimum absolute atomic E-state index is 0.0673. The molecule has 26 heavy (non-hydrogen) atoms. The van der Waals surface area contributed by atoms with E-state index in [1.165, 1.54) is 11.8 Å². The van der Waals surface area contributed by atoms with Gasteiger partial charge < -0.3 is 19.5 Å². The molecule has 0 saturated heterocycles. The summed E-state index contributed by atoms with van der Waals surface area (Å²) in [6.45, 7) is 5.82. The lowest BCUT2D eigenvalue weighted by atomic mass is 10.3. The minimum Gasteiger partial charge on any atom is -0.493 e. The lowest BCUT2D eigenvalue weighted by Crippen LogP contribution is -2.22. The Hall–Kier alpha value is -2.34. The number of amides is 1. The first-order valence-corrected chi connectivity index (χ1v) is 9.27. The van der Waals surface area contributed by atoms with Gasteiger partial charge in [0.2, 0.25) is 5.91 Å². The van der Waals surface area contributed by atoms with Crippen molar-refractivity contribution >= 4 is 23.4 Å². The molecule has 0 fully saturated rings. The molecule has 0 aliphatic carbocycles. The summed E-state index contributed by atoms with van der Waals surface area (Å²) in [6.07, 6.45) is 0.119. The van der Waals surface area contributed by atoms with Crippen molar-refractivity contribution < 1.29 is 19.0 Å². The van der Waals surface area contributed by atoms with Crippen LogP contribution in [0.5, 0.6) is 17.2 Å². The number of hydrogen-bond acceptors (Lipinski definition) is 5. The van der Waals surface area contributed by atoms with Crippen LogP contribution in [0, 0.1) is 0 Å². The number of thioether (sulfide) groups is 1. The Balaban J connectivity index is 1.97. The molecule has 0 saturated carbocycles. The highest BCUT2D eigenvalue weighted by molar-refractivity contribution is 8.00. The Morgan fingerprint density at radius 2 is 1.62 bits per heavy atom. The second-order valence-corrected chi connectivity index (χ2v) is 7.37. The van der Waals surface area contributed by atoms with Crippen LogP contribution >= 0.6 is 11.8 Å². The Kier molecular flexibility index (Phi) is 7.21. The lowest BCUT2D eigenvalue weighted by Gasteiger charge is -2.14. The van der Waals surface area contributed by atoms with Crippen LogP contribution in [0.3, 0.4) is 0 Å². The Bertz CT molecular complexity index is 731. The summed E-state index contributed by atoms with van der Waals surface area (Å²) in [7, 11) is 3.19. The smallest absolute Gasteiger partial charge is 0.237 e. The number of nitrogens with one attached hydrogen (secondary N) is 1. The number of rotatable bonds is 8. The molecule has 2 aromatic carbocycles. The van der Waals surface area contributed by atoms with Crippen molar-refractivity contribution in [3.63, 3.8) is 0 Å². The zero-order chi connectivity index (χ0) is 19.1. The first-order chi connectivity index (χ1) is 12.4. The fourth-order valence-electron chi connectivity index (χ4n) is 2.28. The molecule has 140 valence electrons. The van der Waals surface area contributed by atoms with Crippen LogP contribution in [0.2, 0.25) is 0 Å². The van der Waals surface area contributed by atoms with Crippen molar-refractivity contribution in [2.75, 3.05) is 19.5 Å². The van der Waals surface area contributed by atoms with Gasteiger partial charge in [0.1, 0.15) is 5.75 Å². The van der Waals surface area contributed by atoms with Gasteiger partial charge in [-0.3, -0.25) is 4.79 Å². The molecule has 1 unspecified atom stereocenters. The molecule has 0 aromatic heterocycles. The standard InChI is InChI=1S/C20H25NO4S/c1-13(2)25-16-8-6-15(7-9-16)21-20(22)14(3)26-17-10-11-18(23-4)19(12-17)24-5/h6-14H,1-5H3,(H,21,22). The van der Waals surface area contributed by atoms with Crippen LogP contribution in [0.25, 0.3) is 0 Å². The van der Waals surface area contributed by atoms with E-state index in [9.17, 15) is 4.79 Å². The largest absolute Gasteiger partial charge is 0.493 e. The van der Waals surface area contributed by atoms with Gasteiger partial charge in [0.15, 0.2) is 11.5 Å². The molecule has 1 N–H and O–H groups in total. The number of methoxy groups -OCH3 is 2. The molecule has 6 heteroatoms. The van der Waals surface area contributed by atoms with Crippen LogP contribution in [-0.4, -0.2) is 31.5 Å². The Labute approximate surface area is 159 Å². The molecule has 5 nitrogen and oxygen atoms in total. The molecule has 0 aliphatic heterocycles. The molecule has 0 radical (unpaired) electrons. The third kappa shape index (κ3) is 5.59. The van der Waals surface area contributed by atoms with E-state index in [1.54, 1.807) is 14.2 Å². The number of carbonyl (C=O) groups excluding carboxylic acids is 1. The maximum atomic E-state index is 12.4. The van der Waals surface area contributed by atoms with Gasteiger partial charge in [0.25, 0.3) is 0 Å². The Morgan fingerprint density at radius 3 is 2.19 bits per heavy atom. The number of ether oxygens (including phenoxy) is 3. The number of hydrogen-bond donors (Lipinski definition) is 1. The molecular weight excluding hydrogens is 350 g/mol. The molecule has 2 rings (SSSR count). The molecule has 0 bridgehead atoms. The van der Waals surface area contributed by atoms with Crippen LogP contribution in [0.15, 0.2) is 47.4 Å². The number of benzene rings is 2. The van der Waals surface area contributed by atoms with E-state index >= 15 is 0 Å². The molecule has 0 spiro atoms. The lowest BCUT2D eigenvalue weighted by molar-refractivity contribution is -0.115. The average Bonchev–Trinajstić information content (AvgIpc) is 2.62. The van der Waals surface area contributed by atoms with Gasteiger partial charge in [-0.05, 0) is 63.2 Å². The summed E-state index contributed by atoms with van der Waals surface area (Å²) >= 11 is 1.46. The van der Waals surface area contributed by atoms with Crippen molar-refractivity contribution in [2.45, 2.75) is 37.0 Å². The van der Waals surface area contributed by atoms with Crippen molar-refractivity contribution in [1.29, 1.82) is 0 Å². The van der Waals surface area contributed by atoms with Crippen molar-refractivity contribution in [3.8, 4) is 17.2 Å². The molecule has 1 atom stereocenters. The van der Waals surface area contributed by atoms with Gasteiger partial charge in [-0.2, -0.15) is 0 Å². The van der Waals surface area contributed by atoms with Gasteiger partial charge in [-0.25, -0.2) is 0 Å². The zero-order valence-electron chi connectivity index (χ0n) is 15.7. The van der Waals surface area contributed by atoms with Gasteiger partial charge in [-0.1, -0.05) is 0 Å². The second kappa shape index (κ2) is 9.38. The summed E-state index contributed by atoms with van der Waals surface area (Å²) in [5, 5.41) is 2.66. The topological polar surface area (TPSA) is 56.8 Å². The average molecular weight is 375 g/mol. The molecule has 0 aliphatic rings. The fourth-order valence-corrected chi connectivity index (χ4v) is 3.18. The van der Waals surface area contributed by atoms with E-state index in [0.717, 1.165) is 16.3 Å². The highest BCUT2D eigenvalue weighted by atomic mass is 32.2. The maximum absolute atomic E-state index is 12.4. The van der Waals surface area contributed by atoms with Gasteiger partial charge in [0.05, 0.1) is 25.6 Å². The second-order valence-electron chi connectivity index (χ2n) is 5.96. The number of carbonyl (C=O) groups is 1. The first kappa shape index (κ1) is 20.0. The molecule has 2 aromatic rings. The first-order valence-electron chi connectivity index (χ1n) is 8.39. The number of anilines is 1. The molecule has 0 heterocycles. The van der Waals surface area contributed by atoms with Gasteiger partial charge in [0, 0.05) is 10.6 Å². The van der Waals surface area contributed by atoms with Crippen molar-refractivity contribution in [2.24, 2.45) is 0 Å². The summed E-state index contributed by atoms with van der Waals surface area (Å²) < 4.78 is 16.1. The van der Waals surface area contributed by atoms with Crippen LogP contribution in [0.1, 0.15) is 20.8 Å². The van der Waals surface area contributed by atoms with Crippen molar-refractivity contribution in [3.05, 3.63) is 42.5 Å². The van der Waals surface area contributed by atoms with Crippen molar-refractivity contribution in [1.82, 2.24) is 0 Å². The maximum Gasteiger partial charge on any atom is 0.237 e. The summed E-state index contributed by atoms with van der Waals surface area (Å²) in [5.74, 6) is 2.02. The van der Waals surface area contributed by atoms with E-state index in [4.69, 9.17) is 14.2 Å². The van der Waals surface area contributed by atoms with E-state index in [2.05, 4.69) is 5.32 Å². The monoisotopic (exact) mass is 375 g/mol. The molecular formula is C20H25NO4S. The SMILES string of the molecule is COc1ccc(SC(C)C(=O)Nc2ccc(OC(C)C)cc2)cc1OC. The Morgan fingerprint density at radius 1 is 0.962 bits per heavy atom. The predicted octanol–water partition coefficient (Wildman–Crippen LogP) is 4.61. The van der Waals surface area contributed by atoms with E-state index < -0.39 is 0 Å². The molecule has 1 amide bonds. The quantitative estimate of drug-likeness (QED) is 0.683. The predicted molar refractivity (Wildman–Crippen MR) is 106 cm³/mol.